The molecule has 1 amide bonds. The normalized spacial score (nSPS) is 27.7. The predicted molar refractivity (Wildman–Crippen MR) is 56.4 cm³/mol. The van der Waals surface area contributed by atoms with Crippen molar-refractivity contribution in [1.82, 2.24) is 5.32 Å². The van der Waals surface area contributed by atoms with E-state index >= 15 is 0 Å². The lowest BCUT2D eigenvalue weighted by atomic mass is 10.0. The van der Waals surface area contributed by atoms with Gasteiger partial charge in [0.25, 0.3) is 0 Å². The first-order valence-corrected chi connectivity index (χ1v) is 5.27. The summed E-state index contributed by atoms with van der Waals surface area (Å²) in [5.74, 6) is -0.210. The van der Waals surface area contributed by atoms with Crippen LogP contribution in [-0.4, -0.2) is 44.9 Å². The zero-order valence-corrected chi connectivity index (χ0v) is 9.36. The number of nitrogens with two attached hydrogens (primary N) is 1. The molecule has 3 atom stereocenters. The van der Waals surface area contributed by atoms with Gasteiger partial charge in [0, 0.05) is 25.8 Å². The van der Waals surface area contributed by atoms with Gasteiger partial charge in [-0.15, -0.1) is 0 Å². The number of hydrogen-bond acceptors (Lipinski definition) is 4. The third-order valence-electron chi connectivity index (χ3n) is 2.60. The molecule has 0 bridgehead atoms. The molecule has 0 aromatic heterocycles. The summed E-state index contributed by atoms with van der Waals surface area (Å²) in [5, 5.41) is 2.91. The SMILES string of the molecule is COCCC(C)NC(=O)C1COCC1N. The Morgan fingerprint density at radius 3 is 2.93 bits per heavy atom. The van der Waals surface area contributed by atoms with Crippen LogP contribution in [0.3, 0.4) is 0 Å². The monoisotopic (exact) mass is 216 g/mol. The summed E-state index contributed by atoms with van der Waals surface area (Å²) >= 11 is 0. The highest BCUT2D eigenvalue weighted by molar-refractivity contribution is 5.80. The number of ether oxygens (including phenoxy) is 2. The minimum Gasteiger partial charge on any atom is -0.385 e. The Bertz CT molecular complexity index is 211. The lowest BCUT2D eigenvalue weighted by molar-refractivity contribution is -0.125. The quantitative estimate of drug-likeness (QED) is 0.650. The van der Waals surface area contributed by atoms with Crippen LogP contribution in [0.15, 0.2) is 0 Å². The molecular weight excluding hydrogens is 196 g/mol. The van der Waals surface area contributed by atoms with E-state index in [1.807, 2.05) is 6.92 Å². The van der Waals surface area contributed by atoms with E-state index < -0.39 is 0 Å². The summed E-state index contributed by atoms with van der Waals surface area (Å²) in [6.07, 6.45) is 0.811. The van der Waals surface area contributed by atoms with E-state index in [9.17, 15) is 4.79 Å². The van der Waals surface area contributed by atoms with Crippen molar-refractivity contribution in [2.45, 2.75) is 25.4 Å². The molecule has 1 rings (SSSR count). The van der Waals surface area contributed by atoms with Gasteiger partial charge in [-0.3, -0.25) is 4.79 Å². The van der Waals surface area contributed by atoms with E-state index in [0.717, 1.165) is 6.42 Å². The molecule has 0 aromatic rings. The van der Waals surface area contributed by atoms with Crippen molar-refractivity contribution in [2.24, 2.45) is 11.7 Å². The number of amides is 1. The van der Waals surface area contributed by atoms with Gasteiger partial charge >= 0.3 is 0 Å². The first kappa shape index (κ1) is 12.4. The fraction of sp³-hybridized carbons (Fsp3) is 0.900. The molecule has 88 valence electrons. The van der Waals surface area contributed by atoms with E-state index in [2.05, 4.69) is 5.32 Å². The van der Waals surface area contributed by atoms with Gasteiger partial charge in [0.15, 0.2) is 0 Å². The van der Waals surface area contributed by atoms with E-state index in [-0.39, 0.29) is 23.9 Å². The Kier molecular flexibility index (Phi) is 5.01. The number of rotatable bonds is 5. The van der Waals surface area contributed by atoms with Crippen LogP contribution in [0.5, 0.6) is 0 Å². The second-order valence-corrected chi connectivity index (χ2v) is 4.00. The summed E-state index contributed by atoms with van der Waals surface area (Å²) in [5.41, 5.74) is 5.75. The van der Waals surface area contributed by atoms with Crippen LogP contribution in [0.4, 0.5) is 0 Å². The first-order chi connectivity index (χ1) is 7.15. The Morgan fingerprint density at radius 2 is 2.40 bits per heavy atom. The van der Waals surface area contributed by atoms with Gasteiger partial charge in [-0.25, -0.2) is 0 Å². The highest BCUT2D eigenvalue weighted by Gasteiger charge is 2.31. The smallest absolute Gasteiger partial charge is 0.227 e. The third kappa shape index (κ3) is 3.77. The molecular formula is C10H20N2O3. The van der Waals surface area contributed by atoms with Gasteiger partial charge in [0.05, 0.1) is 19.1 Å². The molecule has 15 heavy (non-hydrogen) atoms. The van der Waals surface area contributed by atoms with Gasteiger partial charge in [-0.2, -0.15) is 0 Å². The van der Waals surface area contributed by atoms with E-state index in [1.165, 1.54) is 0 Å². The maximum atomic E-state index is 11.7. The number of nitrogens with one attached hydrogen (secondary N) is 1. The van der Waals surface area contributed by atoms with Crippen molar-refractivity contribution in [3.05, 3.63) is 0 Å². The van der Waals surface area contributed by atoms with Gasteiger partial charge in [-0.1, -0.05) is 0 Å². The van der Waals surface area contributed by atoms with Crippen molar-refractivity contribution < 1.29 is 14.3 Å². The van der Waals surface area contributed by atoms with E-state index in [0.29, 0.717) is 19.8 Å². The molecule has 3 unspecified atom stereocenters. The van der Waals surface area contributed by atoms with Crippen LogP contribution in [0, 0.1) is 5.92 Å². The van der Waals surface area contributed by atoms with Crippen LogP contribution in [0.1, 0.15) is 13.3 Å². The molecule has 0 saturated carbocycles. The third-order valence-corrected chi connectivity index (χ3v) is 2.60. The average Bonchev–Trinajstić information content (AvgIpc) is 2.61. The number of carbonyl (C=O) groups is 1. The fourth-order valence-corrected chi connectivity index (χ4v) is 1.56. The van der Waals surface area contributed by atoms with Crippen LogP contribution in [0.25, 0.3) is 0 Å². The summed E-state index contributed by atoms with van der Waals surface area (Å²) in [6, 6.07) is -0.0510. The Balaban J connectivity index is 2.28. The maximum absolute atomic E-state index is 11.7. The number of carbonyl (C=O) groups excluding carboxylic acids is 1. The second-order valence-electron chi connectivity index (χ2n) is 4.00. The molecule has 1 heterocycles. The predicted octanol–water partition coefficient (Wildman–Crippen LogP) is -0.499. The topological polar surface area (TPSA) is 73.6 Å². The Morgan fingerprint density at radius 1 is 1.67 bits per heavy atom. The fourth-order valence-electron chi connectivity index (χ4n) is 1.56. The summed E-state index contributed by atoms with van der Waals surface area (Å²) < 4.78 is 10.1. The van der Waals surface area contributed by atoms with Crippen molar-refractivity contribution in [3.63, 3.8) is 0 Å². The van der Waals surface area contributed by atoms with Gasteiger partial charge < -0.3 is 20.5 Å². The summed E-state index contributed by atoms with van der Waals surface area (Å²) in [6.45, 7) is 3.52. The zero-order chi connectivity index (χ0) is 11.3. The van der Waals surface area contributed by atoms with Crippen molar-refractivity contribution >= 4 is 5.91 Å². The largest absolute Gasteiger partial charge is 0.385 e. The summed E-state index contributed by atoms with van der Waals surface area (Å²) in [7, 11) is 1.65. The molecule has 1 fully saturated rings. The van der Waals surface area contributed by atoms with Crippen LogP contribution in [0.2, 0.25) is 0 Å². The zero-order valence-electron chi connectivity index (χ0n) is 9.36. The minimum atomic E-state index is -0.199. The van der Waals surface area contributed by atoms with Crippen molar-refractivity contribution in [2.75, 3.05) is 26.9 Å². The minimum absolute atomic E-state index is 0.0106. The Labute approximate surface area is 90.3 Å². The standard InChI is InChI=1S/C10H20N2O3/c1-7(3-4-14-2)12-10(13)8-5-15-6-9(8)11/h7-9H,3-6,11H2,1-2H3,(H,12,13). The maximum Gasteiger partial charge on any atom is 0.227 e. The molecule has 5 heteroatoms. The molecule has 0 radical (unpaired) electrons. The molecule has 0 spiro atoms. The second kappa shape index (κ2) is 6.05. The van der Waals surface area contributed by atoms with Gasteiger partial charge in [0.2, 0.25) is 5.91 Å². The molecule has 0 aromatic carbocycles. The average molecular weight is 216 g/mol. The van der Waals surface area contributed by atoms with Gasteiger partial charge in [-0.05, 0) is 13.3 Å². The Hall–Kier alpha value is -0.650. The van der Waals surface area contributed by atoms with Crippen LogP contribution >= 0.6 is 0 Å². The molecule has 0 aliphatic carbocycles. The van der Waals surface area contributed by atoms with Crippen molar-refractivity contribution in [1.29, 1.82) is 0 Å². The van der Waals surface area contributed by atoms with Crippen LogP contribution in [-0.2, 0) is 14.3 Å². The van der Waals surface area contributed by atoms with Crippen molar-refractivity contribution in [3.8, 4) is 0 Å². The van der Waals surface area contributed by atoms with Gasteiger partial charge in [0.1, 0.15) is 0 Å². The molecule has 5 nitrogen and oxygen atoms in total. The lowest BCUT2D eigenvalue weighted by Crippen LogP contribution is -2.44. The molecule has 1 saturated heterocycles. The highest BCUT2D eigenvalue weighted by Crippen LogP contribution is 2.11. The van der Waals surface area contributed by atoms with Crippen LogP contribution < -0.4 is 11.1 Å². The summed E-state index contributed by atoms with van der Waals surface area (Å²) in [4.78, 5) is 11.7. The highest BCUT2D eigenvalue weighted by atomic mass is 16.5. The number of hydrogen-bond donors (Lipinski definition) is 2. The number of methoxy groups -OCH3 is 1. The van der Waals surface area contributed by atoms with E-state index in [4.69, 9.17) is 15.2 Å². The molecule has 1 aliphatic rings. The first-order valence-electron chi connectivity index (χ1n) is 5.27. The molecule has 3 N–H and O–H groups in total. The van der Waals surface area contributed by atoms with E-state index in [1.54, 1.807) is 7.11 Å². The lowest BCUT2D eigenvalue weighted by Gasteiger charge is -2.18. The molecule has 1 aliphatic heterocycles.